The van der Waals surface area contributed by atoms with Gasteiger partial charge in [0.05, 0.1) is 17.8 Å². The quantitative estimate of drug-likeness (QED) is 0.549. The van der Waals surface area contributed by atoms with E-state index < -0.39 is 0 Å². The second-order valence-corrected chi connectivity index (χ2v) is 6.73. The first kappa shape index (κ1) is 17.1. The van der Waals surface area contributed by atoms with Gasteiger partial charge in [-0.3, -0.25) is 0 Å². The highest BCUT2D eigenvalue weighted by Gasteiger charge is 2.18. The molecule has 0 bridgehead atoms. The zero-order valence-electron chi connectivity index (χ0n) is 15.5. The van der Waals surface area contributed by atoms with Gasteiger partial charge in [-0.2, -0.15) is 0 Å². The van der Waals surface area contributed by atoms with E-state index in [0.29, 0.717) is 5.75 Å². The van der Waals surface area contributed by atoms with Gasteiger partial charge < -0.3 is 14.4 Å². The molecule has 0 aliphatic rings. The predicted octanol–water partition coefficient (Wildman–Crippen LogP) is 5.10. The predicted molar refractivity (Wildman–Crippen MR) is 107 cm³/mol. The average Bonchev–Trinajstić information content (AvgIpc) is 3.23. The minimum Gasteiger partial charge on any atom is -0.508 e. The lowest BCUT2D eigenvalue weighted by atomic mass is 10.0. The molecule has 2 aromatic carbocycles. The van der Waals surface area contributed by atoms with Gasteiger partial charge >= 0.3 is 0 Å². The Labute approximate surface area is 157 Å². The number of rotatable bonds is 4. The van der Waals surface area contributed by atoms with Gasteiger partial charge in [-0.1, -0.05) is 18.2 Å². The number of phenols is 1. The van der Waals surface area contributed by atoms with Crippen molar-refractivity contribution in [3.63, 3.8) is 0 Å². The molecule has 1 unspecified atom stereocenters. The van der Waals surface area contributed by atoms with Crippen LogP contribution in [0, 0.1) is 6.92 Å². The maximum Gasteiger partial charge on any atom is 0.140 e. The van der Waals surface area contributed by atoms with E-state index in [9.17, 15) is 5.11 Å². The van der Waals surface area contributed by atoms with Crippen LogP contribution in [0.15, 0.2) is 65.5 Å². The molecule has 27 heavy (non-hydrogen) atoms. The number of hydrogen-bond donors (Lipinski definition) is 1. The first-order valence-electron chi connectivity index (χ1n) is 8.85. The Morgan fingerprint density at radius 1 is 1.04 bits per heavy atom. The van der Waals surface area contributed by atoms with Gasteiger partial charge in [0.15, 0.2) is 0 Å². The van der Waals surface area contributed by atoms with Crippen molar-refractivity contribution in [1.82, 2.24) is 9.97 Å². The van der Waals surface area contributed by atoms with Gasteiger partial charge in [-0.25, -0.2) is 9.97 Å². The molecule has 2 heterocycles. The Morgan fingerprint density at radius 2 is 1.81 bits per heavy atom. The fraction of sp³-hybridized carbons (Fsp3) is 0.182. The summed E-state index contributed by atoms with van der Waals surface area (Å²) < 4.78 is 5.55. The van der Waals surface area contributed by atoms with Gasteiger partial charge in [-0.15, -0.1) is 0 Å². The summed E-state index contributed by atoms with van der Waals surface area (Å²) in [6, 6.07) is 15.7. The minimum atomic E-state index is 0.0326. The first-order chi connectivity index (χ1) is 13.0. The summed E-state index contributed by atoms with van der Waals surface area (Å²) in [6.07, 6.45) is 3.26. The van der Waals surface area contributed by atoms with Crippen molar-refractivity contribution in [3.8, 4) is 16.9 Å². The summed E-state index contributed by atoms with van der Waals surface area (Å²) in [5, 5.41) is 11.0. The van der Waals surface area contributed by atoms with Gasteiger partial charge in [0.2, 0.25) is 0 Å². The summed E-state index contributed by atoms with van der Waals surface area (Å²) in [4.78, 5) is 11.0. The lowest BCUT2D eigenvalue weighted by Gasteiger charge is -2.25. The summed E-state index contributed by atoms with van der Waals surface area (Å²) in [7, 11) is 2.00. The van der Waals surface area contributed by atoms with Crippen LogP contribution in [-0.2, 0) is 0 Å². The lowest BCUT2D eigenvalue weighted by Crippen LogP contribution is -2.22. The third kappa shape index (κ3) is 3.12. The average molecular weight is 359 g/mol. The number of fused-ring (bicyclic) bond motifs is 1. The van der Waals surface area contributed by atoms with E-state index in [-0.39, 0.29) is 6.04 Å². The summed E-state index contributed by atoms with van der Waals surface area (Å²) in [6.45, 7) is 3.96. The van der Waals surface area contributed by atoms with Crippen molar-refractivity contribution in [2.45, 2.75) is 19.9 Å². The topological polar surface area (TPSA) is 62.4 Å². The van der Waals surface area contributed by atoms with E-state index in [1.54, 1.807) is 18.7 Å². The number of benzene rings is 2. The molecule has 0 spiro atoms. The van der Waals surface area contributed by atoms with E-state index >= 15 is 0 Å². The third-order valence-electron chi connectivity index (χ3n) is 5.03. The van der Waals surface area contributed by atoms with E-state index in [1.807, 2.05) is 50.4 Å². The lowest BCUT2D eigenvalue weighted by molar-refractivity contribution is 0.470. The smallest absolute Gasteiger partial charge is 0.140 e. The molecule has 0 saturated carbocycles. The van der Waals surface area contributed by atoms with E-state index in [2.05, 4.69) is 27.9 Å². The van der Waals surface area contributed by atoms with Crippen molar-refractivity contribution in [3.05, 3.63) is 72.4 Å². The highest BCUT2D eigenvalue weighted by molar-refractivity contribution is 5.93. The van der Waals surface area contributed by atoms with Crippen LogP contribution in [0.25, 0.3) is 22.0 Å². The second kappa shape index (κ2) is 6.76. The largest absolute Gasteiger partial charge is 0.508 e. The molecule has 0 amide bonds. The fourth-order valence-electron chi connectivity index (χ4n) is 3.20. The maximum atomic E-state index is 10.1. The van der Waals surface area contributed by atoms with Crippen molar-refractivity contribution < 1.29 is 9.52 Å². The van der Waals surface area contributed by atoms with Crippen LogP contribution in [0.5, 0.6) is 5.75 Å². The summed E-state index contributed by atoms with van der Waals surface area (Å²) in [5.74, 6) is 2.01. The standard InChI is InChI=1S/C22H21N3O2/c1-14-6-7-17(12-20(14)26)16-8-9-19-18(11-16)22(24-13-23-19)25(3)15(2)21-5-4-10-27-21/h4-13,15,26H,1-3H3. The molecular formula is C22H21N3O2. The number of phenolic OH excluding ortho intramolecular Hbond substituents is 1. The number of hydrogen-bond acceptors (Lipinski definition) is 5. The van der Waals surface area contributed by atoms with Gasteiger partial charge in [0, 0.05) is 12.4 Å². The SMILES string of the molecule is Cc1ccc(-c2ccc3ncnc(N(C)C(C)c4ccco4)c3c2)cc1O. The fourth-order valence-corrected chi connectivity index (χ4v) is 3.20. The second-order valence-electron chi connectivity index (χ2n) is 6.73. The van der Waals surface area contributed by atoms with Crippen LogP contribution >= 0.6 is 0 Å². The highest BCUT2D eigenvalue weighted by Crippen LogP contribution is 2.33. The minimum absolute atomic E-state index is 0.0326. The van der Waals surface area contributed by atoms with E-state index in [1.165, 1.54) is 0 Å². The van der Waals surface area contributed by atoms with Crippen LogP contribution in [0.2, 0.25) is 0 Å². The van der Waals surface area contributed by atoms with Crippen LogP contribution in [0.1, 0.15) is 24.3 Å². The van der Waals surface area contributed by atoms with Crippen LogP contribution in [-0.4, -0.2) is 22.1 Å². The molecule has 4 rings (SSSR count). The molecule has 0 aliphatic carbocycles. The van der Waals surface area contributed by atoms with Crippen molar-refractivity contribution in [2.75, 3.05) is 11.9 Å². The monoisotopic (exact) mass is 359 g/mol. The van der Waals surface area contributed by atoms with Crippen LogP contribution in [0.3, 0.4) is 0 Å². The Morgan fingerprint density at radius 3 is 2.56 bits per heavy atom. The molecule has 1 atom stereocenters. The van der Waals surface area contributed by atoms with Gasteiger partial charge in [0.1, 0.15) is 23.7 Å². The molecule has 4 aromatic rings. The zero-order chi connectivity index (χ0) is 19.0. The van der Waals surface area contributed by atoms with Crippen molar-refractivity contribution in [1.29, 1.82) is 0 Å². The Balaban J connectivity index is 1.80. The number of anilines is 1. The third-order valence-corrected chi connectivity index (χ3v) is 5.03. The molecule has 2 aromatic heterocycles. The van der Waals surface area contributed by atoms with Crippen LogP contribution in [0.4, 0.5) is 5.82 Å². The molecule has 1 N–H and O–H groups in total. The molecule has 0 radical (unpaired) electrons. The number of furan rings is 1. The van der Waals surface area contributed by atoms with E-state index in [4.69, 9.17) is 4.42 Å². The highest BCUT2D eigenvalue weighted by atomic mass is 16.3. The van der Waals surface area contributed by atoms with Gasteiger partial charge in [0.25, 0.3) is 0 Å². The molecule has 0 fully saturated rings. The molecule has 5 heteroatoms. The molecule has 136 valence electrons. The Hall–Kier alpha value is -3.34. The molecule has 5 nitrogen and oxygen atoms in total. The number of nitrogens with zero attached hydrogens (tertiary/aromatic N) is 3. The summed E-state index contributed by atoms with van der Waals surface area (Å²) >= 11 is 0. The van der Waals surface area contributed by atoms with Crippen molar-refractivity contribution >= 4 is 16.7 Å². The Kier molecular flexibility index (Phi) is 4.28. The normalized spacial score (nSPS) is 12.3. The number of aromatic nitrogens is 2. The summed E-state index contributed by atoms with van der Waals surface area (Å²) in [5.41, 5.74) is 3.69. The number of aromatic hydroxyl groups is 1. The first-order valence-corrected chi connectivity index (χ1v) is 8.85. The van der Waals surface area contributed by atoms with Gasteiger partial charge in [-0.05, 0) is 60.9 Å². The van der Waals surface area contributed by atoms with E-state index in [0.717, 1.165) is 39.2 Å². The number of aryl methyl sites for hydroxylation is 1. The molecule has 0 saturated heterocycles. The molecular weight excluding hydrogens is 338 g/mol. The maximum absolute atomic E-state index is 10.1. The molecule has 0 aliphatic heterocycles. The zero-order valence-corrected chi connectivity index (χ0v) is 15.5. The van der Waals surface area contributed by atoms with Crippen molar-refractivity contribution in [2.24, 2.45) is 0 Å². The van der Waals surface area contributed by atoms with Crippen LogP contribution < -0.4 is 4.90 Å². The Bertz CT molecular complexity index is 1090.